The van der Waals surface area contributed by atoms with Gasteiger partial charge in [0.2, 0.25) is 5.82 Å². The normalized spacial score (nSPS) is 12.9. The minimum atomic E-state index is -1.44. The van der Waals surface area contributed by atoms with Crippen molar-refractivity contribution < 1.29 is 19.4 Å². The second-order valence-electron chi connectivity index (χ2n) is 7.46. The van der Waals surface area contributed by atoms with Gasteiger partial charge in [-0.25, -0.2) is 9.78 Å². The first kappa shape index (κ1) is 20.3. The Morgan fingerprint density at radius 1 is 1.15 bits per heavy atom. The smallest absolute Gasteiger partial charge is 0.450 e. The van der Waals surface area contributed by atoms with E-state index in [0.717, 1.165) is 16.8 Å². The zero-order valence-electron chi connectivity index (χ0n) is 17.9. The SMILES string of the molecule is Cc1c2ccnc1N2C(=O)c1ccc(-c2cnn(C)c2-c2nnnn2C(C)OC(=O)O)cc1. The Morgan fingerprint density at radius 3 is 2.55 bits per heavy atom. The summed E-state index contributed by atoms with van der Waals surface area (Å²) >= 11 is 0. The van der Waals surface area contributed by atoms with Crippen molar-refractivity contribution in [1.82, 2.24) is 35.0 Å². The Bertz CT molecular complexity index is 1370. The summed E-state index contributed by atoms with van der Waals surface area (Å²) in [5.74, 6) is 0.806. The van der Waals surface area contributed by atoms with E-state index >= 15 is 0 Å². The molecule has 166 valence electrons. The summed E-state index contributed by atoms with van der Waals surface area (Å²) in [6.07, 6.45) is 0.959. The molecule has 5 rings (SSSR count). The molecule has 1 atom stereocenters. The third-order valence-corrected chi connectivity index (χ3v) is 5.51. The lowest BCUT2D eigenvalue weighted by Crippen LogP contribution is -2.34. The van der Waals surface area contributed by atoms with Crippen molar-refractivity contribution in [3.63, 3.8) is 0 Å². The van der Waals surface area contributed by atoms with Gasteiger partial charge in [-0.2, -0.15) is 9.78 Å². The summed E-state index contributed by atoms with van der Waals surface area (Å²) < 4.78 is 7.64. The topological polar surface area (TPSA) is 141 Å². The van der Waals surface area contributed by atoms with Gasteiger partial charge in [0.1, 0.15) is 11.5 Å². The summed E-state index contributed by atoms with van der Waals surface area (Å²) in [5.41, 5.74) is 4.44. The minimum Gasteiger partial charge on any atom is -0.450 e. The fourth-order valence-corrected chi connectivity index (χ4v) is 3.87. The van der Waals surface area contributed by atoms with E-state index in [1.807, 2.05) is 25.1 Å². The van der Waals surface area contributed by atoms with Crippen molar-refractivity contribution in [2.45, 2.75) is 20.1 Å². The van der Waals surface area contributed by atoms with Crippen LogP contribution in [0.2, 0.25) is 0 Å². The van der Waals surface area contributed by atoms with E-state index in [1.165, 1.54) is 11.6 Å². The van der Waals surface area contributed by atoms with Crippen LogP contribution in [0.15, 0.2) is 42.7 Å². The molecule has 0 fully saturated rings. The van der Waals surface area contributed by atoms with Crippen molar-refractivity contribution in [1.29, 1.82) is 0 Å². The van der Waals surface area contributed by atoms with Crippen LogP contribution in [0.5, 0.6) is 0 Å². The van der Waals surface area contributed by atoms with Crippen LogP contribution in [0.1, 0.15) is 29.1 Å². The number of anilines is 2. The fourth-order valence-electron chi connectivity index (χ4n) is 3.87. The highest BCUT2D eigenvalue weighted by Crippen LogP contribution is 2.42. The molecular weight excluding hydrogens is 428 g/mol. The average Bonchev–Trinajstić information content (AvgIpc) is 3.44. The highest BCUT2D eigenvalue weighted by Gasteiger charge is 2.33. The second-order valence-corrected chi connectivity index (χ2v) is 7.46. The van der Waals surface area contributed by atoms with Gasteiger partial charge in [-0.1, -0.05) is 12.1 Å². The van der Waals surface area contributed by atoms with E-state index in [9.17, 15) is 9.59 Å². The van der Waals surface area contributed by atoms with Gasteiger partial charge >= 0.3 is 6.16 Å². The summed E-state index contributed by atoms with van der Waals surface area (Å²) in [4.78, 5) is 29.8. The average molecular weight is 446 g/mol. The highest BCUT2D eigenvalue weighted by molar-refractivity contribution is 6.15. The third kappa shape index (κ3) is 3.19. The number of ether oxygens (including phenoxy) is 1. The Balaban J connectivity index is 1.46. The summed E-state index contributed by atoms with van der Waals surface area (Å²) in [5, 5.41) is 24.8. The summed E-state index contributed by atoms with van der Waals surface area (Å²) in [6, 6.07) is 8.92. The van der Waals surface area contributed by atoms with Crippen molar-refractivity contribution in [2.75, 3.05) is 4.90 Å². The molecule has 3 aromatic heterocycles. The zero-order valence-corrected chi connectivity index (χ0v) is 17.9. The standard InChI is InChI=1S/C21H18N8O4/c1-11-16-8-9-22-18(11)28(16)20(30)14-6-4-13(5-7-14)15-10-23-27(3)17(15)19-24-25-26-29(19)12(2)33-21(31)32/h4-10,12H,1-3H3,(H,31,32). The van der Waals surface area contributed by atoms with Crippen molar-refractivity contribution >= 4 is 23.6 Å². The van der Waals surface area contributed by atoms with Gasteiger partial charge in [0.25, 0.3) is 5.91 Å². The number of carbonyl (C=O) groups excluding carboxylic acids is 1. The number of rotatable bonds is 5. The molecule has 0 saturated carbocycles. The van der Waals surface area contributed by atoms with Gasteiger partial charge in [-0.15, -0.1) is 5.10 Å². The van der Waals surface area contributed by atoms with Gasteiger partial charge in [-0.3, -0.25) is 14.4 Å². The maximum absolute atomic E-state index is 13.0. The maximum atomic E-state index is 13.0. The lowest BCUT2D eigenvalue weighted by Gasteiger charge is -2.33. The van der Waals surface area contributed by atoms with Crippen LogP contribution in [0.3, 0.4) is 0 Å². The van der Waals surface area contributed by atoms with Crippen LogP contribution in [0.25, 0.3) is 22.6 Å². The van der Waals surface area contributed by atoms with Gasteiger partial charge < -0.3 is 9.84 Å². The lowest BCUT2D eigenvalue weighted by molar-refractivity contribution is 0.0219. The van der Waals surface area contributed by atoms with E-state index in [0.29, 0.717) is 28.5 Å². The van der Waals surface area contributed by atoms with Crippen molar-refractivity contribution in [3.8, 4) is 22.6 Å². The molecule has 12 heteroatoms. The highest BCUT2D eigenvalue weighted by atomic mass is 16.7. The number of amides is 1. The number of tetrazole rings is 1. The molecule has 0 radical (unpaired) electrons. The maximum Gasteiger partial charge on any atom is 0.507 e. The molecular formula is C21H18N8O4. The molecule has 4 aromatic rings. The van der Waals surface area contributed by atoms with Crippen LogP contribution in [0.4, 0.5) is 16.3 Å². The number of pyridine rings is 1. The van der Waals surface area contributed by atoms with Crippen LogP contribution in [-0.4, -0.2) is 52.1 Å². The van der Waals surface area contributed by atoms with Gasteiger partial charge in [0.15, 0.2) is 6.23 Å². The van der Waals surface area contributed by atoms with Crippen LogP contribution in [-0.2, 0) is 11.8 Å². The summed E-state index contributed by atoms with van der Waals surface area (Å²) in [6.45, 7) is 3.46. The molecule has 1 amide bonds. The van der Waals surface area contributed by atoms with E-state index in [-0.39, 0.29) is 5.91 Å². The molecule has 0 aliphatic carbocycles. The van der Waals surface area contributed by atoms with E-state index in [4.69, 9.17) is 9.84 Å². The first-order valence-electron chi connectivity index (χ1n) is 9.97. The van der Waals surface area contributed by atoms with Crippen molar-refractivity contribution in [3.05, 3.63) is 53.9 Å². The molecule has 1 N–H and O–H groups in total. The third-order valence-electron chi connectivity index (χ3n) is 5.51. The second kappa shape index (κ2) is 7.51. The monoisotopic (exact) mass is 446 g/mol. The molecule has 0 saturated heterocycles. The number of aromatic nitrogens is 7. The number of benzene rings is 1. The van der Waals surface area contributed by atoms with Crippen LogP contribution < -0.4 is 4.90 Å². The first-order chi connectivity index (χ1) is 15.9. The lowest BCUT2D eigenvalue weighted by atomic mass is 10.0. The quantitative estimate of drug-likeness (QED) is 0.458. The number of carboxylic acid groups (broad SMARTS) is 1. The molecule has 33 heavy (non-hydrogen) atoms. The molecule has 1 unspecified atom stereocenters. The minimum absolute atomic E-state index is 0.153. The van der Waals surface area contributed by atoms with Gasteiger partial charge in [-0.05, 0) is 48.0 Å². The number of fused-ring (bicyclic) bond motifs is 2. The molecule has 2 bridgehead atoms. The number of carbonyl (C=O) groups is 2. The number of aryl methyl sites for hydroxylation is 2. The fraction of sp³-hybridized carbons (Fsp3) is 0.190. The molecule has 1 aliphatic heterocycles. The Kier molecular flexibility index (Phi) is 4.62. The number of hydrogen-bond donors (Lipinski definition) is 1. The van der Waals surface area contributed by atoms with Crippen LogP contribution >= 0.6 is 0 Å². The molecule has 1 aromatic carbocycles. The molecule has 1 aliphatic rings. The van der Waals surface area contributed by atoms with Crippen molar-refractivity contribution in [2.24, 2.45) is 7.05 Å². The zero-order chi connectivity index (χ0) is 23.3. The molecule has 12 nitrogen and oxygen atoms in total. The Morgan fingerprint density at radius 2 is 1.91 bits per heavy atom. The molecule has 4 heterocycles. The van der Waals surface area contributed by atoms with E-state index in [1.54, 1.807) is 41.2 Å². The first-order valence-corrected chi connectivity index (χ1v) is 9.97. The van der Waals surface area contributed by atoms with Gasteiger partial charge in [0, 0.05) is 29.9 Å². The van der Waals surface area contributed by atoms with Crippen LogP contribution in [0, 0.1) is 6.92 Å². The van der Waals surface area contributed by atoms with E-state index in [2.05, 4.69) is 25.6 Å². The van der Waals surface area contributed by atoms with Gasteiger partial charge in [0.05, 0.1) is 11.9 Å². The van der Waals surface area contributed by atoms with E-state index < -0.39 is 12.4 Å². The predicted octanol–water partition coefficient (Wildman–Crippen LogP) is 2.95. The number of hydrogen-bond acceptors (Lipinski definition) is 8. The largest absolute Gasteiger partial charge is 0.507 e. The molecule has 0 spiro atoms. The Labute approximate surface area is 187 Å². The summed E-state index contributed by atoms with van der Waals surface area (Å²) in [7, 11) is 1.73. The Hall–Kier alpha value is -4.61. The number of nitrogens with zero attached hydrogens (tertiary/aromatic N) is 8. The predicted molar refractivity (Wildman–Crippen MR) is 115 cm³/mol.